The maximum Gasteiger partial charge on any atom is 0.261 e. The number of benzene rings is 2. The quantitative estimate of drug-likeness (QED) is 0.432. The molecular weight excluding hydrogens is 415 g/mol. The zero-order valence-electron chi connectivity index (χ0n) is 12.9. The van der Waals surface area contributed by atoms with Crippen molar-refractivity contribution >= 4 is 63.0 Å². The van der Waals surface area contributed by atoms with E-state index >= 15 is 0 Å². The molecule has 26 heavy (non-hydrogen) atoms. The Hall–Kier alpha value is -2.12. The van der Waals surface area contributed by atoms with Gasteiger partial charge in [0.15, 0.2) is 0 Å². The van der Waals surface area contributed by atoms with Gasteiger partial charge in [0.25, 0.3) is 11.9 Å². The third-order valence-electron chi connectivity index (χ3n) is 3.65. The summed E-state index contributed by atoms with van der Waals surface area (Å²) in [6.07, 6.45) is 0. The molecule has 4 rings (SSSR count). The fraction of sp³-hybridized carbons (Fsp3) is 0. The first kappa shape index (κ1) is 17.3. The van der Waals surface area contributed by atoms with Crippen LogP contribution in [-0.2, 0) is 0 Å². The first-order valence-corrected chi connectivity index (χ1v) is 9.40. The number of rotatable bonds is 3. The number of nitrogens with zero attached hydrogens (tertiary/aromatic N) is 3. The fourth-order valence-corrected chi connectivity index (χ4v) is 3.97. The Morgan fingerprint density at radius 3 is 2.54 bits per heavy atom. The van der Waals surface area contributed by atoms with Crippen LogP contribution in [0.4, 0.5) is 5.95 Å². The SMILES string of the molecule is O=C(Nc1nc2scc(-c3ccccc3)n2n1)c1c(Cl)ccc(Cl)c1Cl. The van der Waals surface area contributed by atoms with E-state index in [9.17, 15) is 4.79 Å². The molecule has 130 valence electrons. The molecule has 1 N–H and O–H groups in total. The monoisotopic (exact) mass is 422 g/mol. The van der Waals surface area contributed by atoms with Crippen molar-refractivity contribution < 1.29 is 4.79 Å². The van der Waals surface area contributed by atoms with E-state index in [0.717, 1.165) is 11.3 Å². The molecule has 2 aromatic carbocycles. The summed E-state index contributed by atoms with van der Waals surface area (Å²) in [5.74, 6) is -0.367. The van der Waals surface area contributed by atoms with Gasteiger partial charge in [0.05, 0.1) is 26.3 Å². The lowest BCUT2D eigenvalue weighted by Gasteiger charge is -2.07. The highest BCUT2D eigenvalue weighted by molar-refractivity contribution is 7.15. The number of carbonyl (C=O) groups is 1. The average molecular weight is 424 g/mol. The van der Waals surface area contributed by atoms with Crippen LogP contribution in [0, 0.1) is 0 Å². The van der Waals surface area contributed by atoms with Gasteiger partial charge in [-0.1, -0.05) is 65.1 Å². The Balaban J connectivity index is 1.68. The van der Waals surface area contributed by atoms with Gasteiger partial charge in [-0.25, -0.2) is 4.52 Å². The summed E-state index contributed by atoms with van der Waals surface area (Å²) in [4.78, 5) is 17.5. The van der Waals surface area contributed by atoms with Crippen LogP contribution in [0.3, 0.4) is 0 Å². The predicted molar refractivity (Wildman–Crippen MR) is 106 cm³/mol. The zero-order valence-corrected chi connectivity index (χ0v) is 16.0. The molecule has 0 saturated carbocycles. The normalized spacial score (nSPS) is 11.0. The minimum absolute atomic E-state index is 0.0854. The minimum Gasteiger partial charge on any atom is -0.289 e. The highest BCUT2D eigenvalue weighted by atomic mass is 35.5. The third kappa shape index (κ3) is 3.05. The zero-order chi connectivity index (χ0) is 18.3. The van der Waals surface area contributed by atoms with Gasteiger partial charge in [-0.15, -0.1) is 16.4 Å². The van der Waals surface area contributed by atoms with Gasteiger partial charge in [0.2, 0.25) is 4.96 Å². The molecule has 1 amide bonds. The van der Waals surface area contributed by atoms with Crippen LogP contribution in [-0.4, -0.2) is 20.5 Å². The highest BCUT2D eigenvalue weighted by Gasteiger charge is 2.20. The second-order valence-electron chi connectivity index (χ2n) is 5.29. The van der Waals surface area contributed by atoms with E-state index in [-0.39, 0.29) is 26.6 Å². The Bertz CT molecular complexity index is 1120. The number of halogens is 3. The number of aromatic nitrogens is 3. The van der Waals surface area contributed by atoms with Crippen molar-refractivity contribution in [1.82, 2.24) is 14.6 Å². The molecule has 2 aromatic heterocycles. The number of hydrogen-bond acceptors (Lipinski definition) is 4. The van der Waals surface area contributed by atoms with Crippen LogP contribution >= 0.6 is 46.1 Å². The van der Waals surface area contributed by atoms with Crippen molar-refractivity contribution in [2.24, 2.45) is 0 Å². The van der Waals surface area contributed by atoms with E-state index in [1.807, 2.05) is 35.7 Å². The van der Waals surface area contributed by atoms with Crippen molar-refractivity contribution in [1.29, 1.82) is 0 Å². The molecule has 0 aliphatic carbocycles. The van der Waals surface area contributed by atoms with Crippen molar-refractivity contribution in [3.8, 4) is 11.3 Å². The van der Waals surface area contributed by atoms with Gasteiger partial charge in [-0.05, 0) is 12.1 Å². The van der Waals surface area contributed by atoms with Gasteiger partial charge >= 0.3 is 0 Å². The molecule has 0 saturated heterocycles. The lowest BCUT2D eigenvalue weighted by Crippen LogP contribution is -2.14. The molecule has 0 unspecified atom stereocenters. The summed E-state index contributed by atoms with van der Waals surface area (Å²) in [5, 5.41) is 9.46. The second-order valence-corrected chi connectivity index (χ2v) is 7.32. The van der Waals surface area contributed by atoms with Crippen LogP contribution in [0.2, 0.25) is 15.1 Å². The van der Waals surface area contributed by atoms with E-state index in [2.05, 4.69) is 15.4 Å². The number of anilines is 1. The summed E-state index contributed by atoms with van der Waals surface area (Å²) in [7, 11) is 0. The molecular formula is C17H9Cl3N4OS. The van der Waals surface area contributed by atoms with Crippen molar-refractivity contribution in [2.75, 3.05) is 5.32 Å². The number of hydrogen-bond donors (Lipinski definition) is 1. The van der Waals surface area contributed by atoms with Crippen LogP contribution in [0.15, 0.2) is 47.8 Å². The number of carbonyl (C=O) groups excluding carboxylic acids is 1. The van der Waals surface area contributed by atoms with Gasteiger partial charge in [-0.2, -0.15) is 4.98 Å². The molecule has 0 spiro atoms. The van der Waals surface area contributed by atoms with Crippen LogP contribution in [0.1, 0.15) is 10.4 Å². The van der Waals surface area contributed by atoms with Gasteiger partial charge in [0, 0.05) is 10.9 Å². The molecule has 0 fully saturated rings. The van der Waals surface area contributed by atoms with Crippen LogP contribution in [0.25, 0.3) is 16.2 Å². The maximum atomic E-state index is 12.5. The lowest BCUT2D eigenvalue weighted by molar-refractivity contribution is 0.102. The number of fused-ring (bicyclic) bond motifs is 1. The van der Waals surface area contributed by atoms with E-state index in [0.29, 0.717) is 4.96 Å². The van der Waals surface area contributed by atoms with E-state index in [1.54, 1.807) is 4.52 Å². The number of amides is 1. The molecule has 2 heterocycles. The number of nitrogens with one attached hydrogen (secondary N) is 1. The smallest absolute Gasteiger partial charge is 0.261 e. The van der Waals surface area contributed by atoms with E-state index in [4.69, 9.17) is 34.8 Å². The third-order valence-corrected chi connectivity index (χ3v) is 5.58. The summed E-state index contributed by atoms with van der Waals surface area (Å²) in [6.45, 7) is 0. The Labute approximate surface area is 167 Å². The summed E-state index contributed by atoms with van der Waals surface area (Å²) < 4.78 is 1.68. The minimum atomic E-state index is -0.526. The lowest BCUT2D eigenvalue weighted by atomic mass is 10.2. The Morgan fingerprint density at radius 2 is 1.77 bits per heavy atom. The van der Waals surface area contributed by atoms with Crippen molar-refractivity contribution in [3.05, 3.63) is 68.5 Å². The Kier molecular flexibility index (Phi) is 4.58. The van der Waals surface area contributed by atoms with Gasteiger partial charge in [0.1, 0.15) is 0 Å². The first-order valence-electron chi connectivity index (χ1n) is 7.39. The van der Waals surface area contributed by atoms with E-state index < -0.39 is 5.91 Å². The van der Waals surface area contributed by atoms with Gasteiger partial charge in [-0.3, -0.25) is 10.1 Å². The largest absolute Gasteiger partial charge is 0.289 e. The molecule has 9 heteroatoms. The fourth-order valence-electron chi connectivity index (χ4n) is 2.44. The highest BCUT2D eigenvalue weighted by Crippen LogP contribution is 2.32. The summed E-state index contributed by atoms with van der Waals surface area (Å²) >= 11 is 19.6. The molecule has 5 nitrogen and oxygen atoms in total. The first-order chi connectivity index (χ1) is 12.5. The molecule has 0 atom stereocenters. The average Bonchev–Trinajstić information content (AvgIpc) is 3.19. The van der Waals surface area contributed by atoms with Crippen LogP contribution < -0.4 is 5.32 Å². The topological polar surface area (TPSA) is 59.3 Å². The van der Waals surface area contributed by atoms with Crippen LogP contribution in [0.5, 0.6) is 0 Å². The van der Waals surface area contributed by atoms with E-state index in [1.165, 1.54) is 23.5 Å². The van der Waals surface area contributed by atoms with Crippen molar-refractivity contribution in [3.63, 3.8) is 0 Å². The predicted octanol–water partition coefficient (Wildman–Crippen LogP) is 5.67. The molecule has 0 aliphatic rings. The molecule has 4 aromatic rings. The molecule has 0 radical (unpaired) electrons. The second kappa shape index (κ2) is 6.89. The summed E-state index contributed by atoms with van der Waals surface area (Å²) in [5.41, 5.74) is 1.97. The maximum absolute atomic E-state index is 12.5. The Morgan fingerprint density at radius 1 is 1.04 bits per heavy atom. The standard InChI is InChI=1S/C17H9Cl3N4OS/c18-10-6-7-11(19)14(20)13(10)15(25)21-16-22-17-24(23-16)12(8-26-17)9-4-2-1-3-5-9/h1-8H,(H,21,23,25). The summed E-state index contributed by atoms with van der Waals surface area (Å²) in [6, 6.07) is 12.8. The molecule has 0 aliphatic heterocycles. The van der Waals surface area contributed by atoms with Crippen molar-refractivity contribution in [2.45, 2.75) is 0 Å². The number of thiazole rings is 1. The van der Waals surface area contributed by atoms with Gasteiger partial charge < -0.3 is 0 Å². The molecule has 0 bridgehead atoms.